The van der Waals surface area contributed by atoms with Crippen molar-refractivity contribution in [3.05, 3.63) is 0 Å². The molecule has 0 spiro atoms. The molecule has 0 aromatic rings. The predicted octanol–water partition coefficient (Wildman–Crippen LogP) is -0.376. The first-order valence-corrected chi connectivity index (χ1v) is 5.58. The summed E-state index contributed by atoms with van der Waals surface area (Å²) < 4.78 is 0. The van der Waals surface area contributed by atoms with Crippen LogP contribution >= 0.6 is 0 Å². The summed E-state index contributed by atoms with van der Waals surface area (Å²) in [5.74, 6) is -1.14. The number of amides is 2. The lowest BCUT2D eigenvalue weighted by atomic mass is 10.0. The number of hydrogen-bond acceptors (Lipinski definition) is 4. The van der Waals surface area contributed by atoms with Crippen molar-refractivity contribution in [3.8, 4) is 0 Å². The van der Waals surface area contributed by atoms with Crippen LogP contribution in [-0.2, 0) is 4.79 Å². The highest BCUT2D eigenvalue weighted by molar-refractivity contribution is 5.75. The largest absolute Gasteiger partial charge is 0.481 e. The standard InChI is InChI=1S/C11H22N2O5/c1-10(2,7-14)13(4)9(17)12-6-11(3,18)5-8(15)16/h14,18H,5-7H2,1-4H3,(H,12,17)(H,15,16). The van der Waals surface area contributed by atoms with Crippen LogP contribution in [-0.4, -0.2) is 63.6 Å². The molecule has 0 rings (SSSR count). The number of rotatable bonds is 6. The number of carbonyl (C=O) groups is 2. The van der Waals surface area contributed by atoms with Crippen LogP contribution in [0.3, 0.4) is 0 Å². The molecule has 1 atom stereocenters. The smallest absolute Gasteiger partial charge is 0.317 e. The Balaban J connectivity index is 4.38. The average Bonchev–Trinajstić information content (AvgIpc) is 2.23. The normalized spacial score (nSPS) is 14.8. The molecule has 0 aliphatic carbocycles. The number of hydrogen-bond donors (Lipinski definition) is 4. The van der Waals surface area contributed by atoms with Gasteiger partial charge in [0.15, 0.2) is 0 Å². The molecule has 0 saturated heterocycles. The maximum atomic E-state index is 11.7. The highest BCUT2D eigenvalue weighted by Gasteiger charge is 2.29. The summed E-state index contributed by atoms with van der Waals surface area (Å²) in [6, 6.07) is -0.486. The molecule has 0 heterocycles. The van der Waals surface area contributed by atoms with Crippen molar-refractivity contribution in [2.75, 3.05) is 20.2 Å². The van der Waals surface area contributed by atoms with Crippen molar-refractivity contribution in [2.24, 2.45) is 0 Å². The van der Waals surface area contributed by atoms with Crippen molar-refractivity contribution >= 4 is 12.0 Å². The highest BCUT2D eigenvalue weighted by Crippen LogP contribution is 2.12. The van der Waals surface area contributed by atoms with E-state index in [0.717, 1.165) is 0 Å². The van der Waals surface area contributed by atoms with Gasteiger partial charge in [-0.25, -0.2) is 4.79 Å². The van der Waals surface area contributed by atoms with E-state index < -0.39 is 29.6 Å². The quantitative estimate of drug-likeness (QED) is 0.522. The van der Waals surface area contributed by atoms with Gasteiger partial charge in [-0.2, -0.15) is 0 Å². The zero-order chi connectivity index (χ0) is 14.6. The summed E-state index contributed by atoms with van der Waals surface area (Å²) in [4.78, 5) is 23.5. The molecule has 7 heteroatoms. The first-order valence-electron chi connectivity index (χ1n) is 5.58. The number of nitrogens with one attached hydrogen (secondary N) is 1. The molecule has 0 radical (unpaired) electrons. The average molecular weight is 262 g/mol. The number of aliphatic hydroxyl groups is 2. The molecule has 18 heavy (non-hydrogen) atoms. The van der Waals surface area contributed by atoms with Gasteiger partial charge in [-0.3, -0.25) is 4.79 Å². The molecular weight excluding hydrogens is 240 g/mol. The minimum Gasteiger partial charge on any atom is -0.481 e. The van der Waals surface area contributed by atoms with Gasteiger partial charge in [-0.1, -0.05) is 0 Å². The molecular formula is C11H22N2O5. The van der Waals surface area contributed by atoms with Gasteiger partial charge >= 0.3 is 12.0 Å². The van der Waals surface area contributed by atoms with E-state index >= 15 is 0 Å². The van der Waals surface area contributed by atoms with Gasteiger partial charge in [-0.15, -0.1) is 0 Å². The number of carboxylic acids is 1. The van der Waals surface area contributed by atoms with E-state index in [0.29, 0.717) is 0 Å². The molecule has 0 fully saturated rings. The fourth-order valence-electron chi connectivity index (χ4n) is 1.15. The molecule has 106 valence electrons. The Kier molecular flexibility index (Phi) is 5.56. The van der Waals surface area contributed by atoms with Crippen molar-refractivity contribution < 1.29 is 24.9 Å². The van der Waals surface area contributed by atoms with Crippen molar-refractivity contribution in [1.82, 2.24) is 10.2 Å². The van der Waals surface area contributed by atoms with Crippen LogP contribution in [0.4, 0.5) is 4.79 Å². The molecule has 0 aromatic carbocycles. The summed E-state index contributed by atoms with van der Waals surface area (Å²) in [6.45, 7) is 4.31. The third-order valence-electron chi connectivity index (χ3n) is 2.75. The Morgan fingerprint density at radius 1 is 1.28 bits per heavy atom. The van der Waals surface area contributed by atoms with E-state index in [1.165, 1.54) is 18.9 Å². The molecule has 2 amide bonds. The van der Waals surface area contributed by atoms with Gasteiger partial charge in [0.05, 0.1) is 24.2 Å². The topological polar surface area (TPSA) is 110 Å². The molecule has 7 nitrogen and oxygen atoms in total. The Morgan fingerprint density at radius 2 is 1.78 bits per heavy atom. The minimum absolute atomic E-state index is 0.177. The lowest BCUT2D eigenvalue weighted by molar-refractivity contribution is -0.141. The molecule has 0 saturated carbocycles. The Hall–Kier alpha value is -1.34. The molecule has 0 aliphatic rings. The van der Waals surface area contributed by atoms with Gasteiger partial charge in [0.2, 0.25) is 0 Å². The number of likely N-dealkylation sites (N-methyl/N-ethyl adjacent to an activating group) is 1. The molecule has 0 bridgehead atoms. The fraction of sp³-hybridized carbons (Fsp3) is 0.818. The highest BCUT2D eigenvalue weighted by atomic mass is 16.4. The first-order chi connectivity index (χ1) is 8.02. The number of carboxylic acid groups (broad SMARTS) is 1. The van der Waals surface area contributed by atoms with Crippen LogP contribution in [0.1, 0.15) is 27.2 Å². The molecule has 4 N–H and O–H groups in total. The van der Waals surface area contributed by atoms with E-state index in [9.17, 15) is 14.7 Å². The predicted molar refractivity (Wildman–Crippen MR) is 65.2 cm³/mol. The summed E-state index contributed by atoms with van der Waals surface area (Å²) >= 11 is 0. The maximum Gasteiger partial charge on any atom is 0.317 e. The fourth-order valence-corrected chi connectivity index (χ4v) is 1.15. The lowest BCUT2D eigenvalue weighted by Gasteiger charge is -2.34. The summed E-state index contributed by atoms with van der Waals surface area (Å²) in [6.07, 6.45) is -0.458. The third-order valence-corrected chi connectivity index (χ3v) is 2.75. The molecule has 0 aliphatic heterocycles. The Bertz CT molecular complexity index is 315. The number of urea groups is 1. The van der Waals surface area contributed by atoms with Crippen LogP contribution in [0.2, 0.25) is 0 Å². The van der Waals surface area contributed by atoms with E-state index in [4.69, 9.17) is 10.2 Å². The second-order valence-electron chi connectivity index (χ2n) is 5.26. The first kappa shape index (κ1) is 16.7. The Labute approximate surface area is 106 Å². The summed E-state index contributed by atoms with van der Waals surface area (Å²) in [5.41, 5.74) is -2.24. The lowest BCUT2D eigenvalue weighted by Crippen LogP contribution is -2.54. The second-order valence-corrected chi connectivity index (χ2v) is 5.26. The SMILES string of the molecule is CN(C(=O)NCC(C)(O)CC(=O)O)C(C)(C)CO. The van der Waals surface area contributed by atoms with Crippen LogP contribution < -0.4 is 5.32 Å². The van der Waals surface area contributed by atoms with Gasteiger partial charge in [-0.05, 0) is 20.8 Å². The maximum absolute atomic E-state index is 11.7. The van der Waals surface area contributed by atoms with Gasteiger partial charge in [0.1, 0.15) is 0 Å². The van der Waals surface area contributed by atoms with Gasteiger partial charge in [0.25, 0.3) is 0 Å². The second kappa shape index (κ2) is 6.01. The van der Waals surface area contributed by atoms with Crippen molar-refractivity contribution in [3.63, 3.8) is 0 Å². The van der Waals surface area contributed by atoms with Crippen LogP contribution in [0.25, 0.3) is 0 Å². The molecule has 1 unspecified atom stereocenters. The number of nitrogens with zero attached hydrogens (tertiary/aromatic N) is 1. The summed E-state index contributed by atoms with van der Waals surface area (Å²) in [5, 5.41) is 29.8. The number of aliphatic hydroxyl groups excluding tert-OH is 1. The Morgan fingerprint density at radius 3 is 2.17 bits per heavy atom. The zero-order valence-electron chi connectivity index (χ0n) is 11.2. The van der Waals surface area contributed by atoms with Gasteiger partial charge in [0, 0.05) is 13.6 Å². The van der Waals surface area contributed by atoms with Crippen molar-refractivity contribution in [1.29, 1.82) is 0 Å². The minimum atomic E-state index is -1.51. The van der Waals surface area contributed by atoms with E-state index in [2.05, 4.69) is 5.32 Å². The van der Waals surface area contributed by atoms with E-state index in [1.807, 2.05) is 0 Å². The van der Waals surface area contributed by atoms with E-state index in [1.54, 1.807) is 13.8 Å². The number of carbonyl (C=O) groups excluding carboxylic acids is 1. The van der Waals surface area contributed by atoms with Crippen LogP contribution in [0.15, 0.2) is 0 Å². The third kappa shape index (κ3) is 5.33. The monoisotopic (exact) mass is 262 g/mol. The van der Waals surface area contributed by atoms with Crippen LogP contribution in [0.5, 0.6) is 0 Å². The summed E-state index contributed by atoms with van der Waals surface area (Å²) in [7, 11) is 1.51. The van der Waals surface area contributed by atoms with Crippen molar-refractivity contribution in [2.45, 2.75) is 38.3 Å². The van der Waals surface area contributed by atoms with Gasteiger partial charge < -0.3 is 25.5 Å². The van der Waals surface area contributed by atoms with E-state index in [-0.39, 0.29) is 13.2 Å². The molecule has 0 aromatic heterocycles. The van der Waals surface area contributed by atoms with Crippen LogP contribution in [0, 0.1) is 0 Å². The zero-order valence-corrected chi connectivity index (χ0v) is 11.2. The number of aliphatic carboxylic acids is 1.